The third-order valence-electron chi connectivity index (χ3n) is 4.58. The normalized spacial score (nSPS) is 30.7. The standard InChI is InChI=1S/C16H30O3/c1-3-4-5-6-7-8-13(17)9-10-14-12(2)15(18)11-16(14)19/h12,14-16,18-19H,3-11H2,1-2H3/t12-,14-,15+,16-/m1/s1. The van der Waals surface area contributed by atoms with Crippen LogP contribution >= 0.6 is 0 Å². The number of hydrogen-bond acceptors (Lipinski definition) is 3. The van der Waals surface area contributed by atoms with Crippen molar-refractivity contribution in [3.8, 4) is 0 Å². The molecule has 1 rings (SSSR count). The Labute approximate surface area is 117 Å². The third-order valence-corrected chi connectivity index (χ3v) is 4.58. The van der Waals surface area contributed by atoms with Crippen molar-refractivity contribution in [2.24, 2.45) is 11.8 Å². The van der Waals surface area contributed by atoms with Crippen LogP contribution in [0.1, 0.15) is 71.6 Å². The second-order valence-corrected chi connectivity index (χ2v) is 6.13. The summed E-state index contributed by atoms with van der Waals surface area (Å²) in [5.41, 5.74) is 0. The summed E-state index contributed by atoms with van der Waals surface area (Å²) < 4.78 is 0. The first kappa shape index (κ1) is 16.6. The molecule has 1 aliphatic rings. The SMILES string of the molecule is CCCCCCCC(=O)CC[C@@H]1[C@@H](C)[C@@H](O)C[C@H]1O. The van der Waals surface area contributed by atoms with E-state index in [0.717, 1.165) is 19.3 Å². The maximum Gasteiger partial charge on any atom is 0.132 e. The van der Waals surface area contributed by atoms with Gasteiger partial charge in [-0.3, -0.25) is 4.79 Å². The molecule has 3 heteroatoms. The number of carbonyl (C=O) groups excluding carboxylic acids is 1. The third kappa shape index (κ3) is 5.62. The highest BCUT2D eigenvalue weighted by Crippen LogP contribution is 2.35. The number of rotatable bonds is 9. The van der Waals surface area contributed by atoms with Crippen LogP contribution in [0.3, 0.4) is 0 Å². The molecule has 112 valence electrons. The molecular formula is C16H30O3. The van der Waals surface area contributed by atoms with Crippen LogP contribution in [0, 0.1) is 11.8 Å². The average Bonchev–Trinajstić information content (AvgIpc) is 2.61. The van der Waals surface area contributed by atoms with E-state index in [9.17, 15) is 15.0 Å². The monoisotopic (exact) mass is 270 g/mol. The molecule has 0 aliphatic heterocycles. The Morgan fingerprint density at radius 3 is 2.32 bits per heavy atom. The van der Waals surface area contributed by atoms with Gasteiger partial charge in [0.1, 0.15) is 5.78 Å². The van der Waals surface area contributed by atoms with Gasteiger partial charge in [0, 0.05) is 12.8 Å². The number of aliphatic hydroxyl groups excluding tert-OH is 2. The number of aliphatic hydroxyl groups is 2. The molecule has 1 fully saturated rings. The Bertz CT molecular complexity index is 265. The van der Waals surface area contributed by atoms with Crippen LogP contribution in [0.4, 0.5) is 0 Å². The van der Waals surface area contributed by atoms with Gasteiger partial charge >= 0.3 is 0 Å². The molecule has 0 aromatic rings. The van der Waals surface area contributed by atoms with Crippen molar-refractivity contribution in [3.63, 3.8) is 0 Å². The molecule has 4 atom stereocenters. The number of ketones is 1. The fraction of sp³-hybridized carbons (Fsp3) is 0.938. The highest BCUT2D eigenvalue weighted by Gasteiger charge is 2.38. The Balaban J connectivity index is 2.13. The van der Waals surface area contributed by atoms with E-state index in [4.69, 9.17) is 0 Å². The van der Waals surface area contributed by atoms with Gasteiger partial charge in [0.05, 0.1) is 12.2 Å². The quantitative estimate of drug-likeness (QED) is 0.633. The molecule has 0 aromatic heterocycles. The van der Waals surface area contributed by atoms with Gasteiger partial charge in [0.15, 0.2) is 0 Å². The molecule has 0 heterocycles. The van der Waals surface area contributed by atoms with Gasteiger partial charge in [0.2, 0.25) is 0 Å². The molecule has 1 saturated carbocycles. The van der Waals surface area contributed by atoms with Crippen molar-refractivity contribution in [1.82, 2.24) is 0 Å². The number of Topliss-reactive ketones (excluding diaryl/α,β-unsaturated/α-hetero) is 1. The lowest BCUT2D eigenvalue weighted by molar-refractivity contribution is -0.119. The summed E-state index contributed by atoms with van der Waals surface area (Å²) in [5.74, 6) is 0.531. The van der Waals surface area contributed by atoms with Crippen molar-refractivity contribution >= 4 is 5.78 Å². The van der Waals surface area contributed by atoms with Crippen LogP contribution in [0.15, 0.2) is 0 Å². The van der Waals surface area contributed by atoms with E-state index in [0.29, 0.717) is 25.0 Å². The van der Waals surface area contributed by atoms with Gasteiger partial charge in [-0.15, -0.1) is 0 Å². The highest BCUT2D eigenvalue weighted by molar-refractivity contribution is 5.78. The number of hydrogen-bond donors (Lipinski definition) is 2. The molecule has 0 bridgehead atoms. The van der Waals surface area contributed by atoms with Crippen LogP contribution in [0.2, 0.25) is 0 Å². The van der Waals surface area contributed by atoms with Crippen molar-refractivity contribution in [1.29, 1.82) is 0 Å². The minimum Gasteiger partial charge on any atom is -0.393 e. The van der Waals surface area contributed by atoms with Gasteiger partial charge in [0.25, 0.3) is 0 Å². The van der Waals surface area contributed by atoms with E-state index in [1.807, 2.05) is 6.92 Å². The van der Waals surface area contributed by atoms with Gasteiger partial charge < -0.3 is 10.2 Å². The summed E-state index contributed by atoms with van der Waals surface area (Å²) in [6, 6.07) is 0. The predicted molar refractivity (Wildman–Crippen MR) is 76.9 cm³/mol. The zero-order chi connectivity index (χ0) is 14.3. The first-order valence-electron chi connectivity index (χ1n) is 7.94. The summed E-state index contributed by atoms with van der Waals surface area (Å²) in [5, 5.41) is 19.5. The fourth-order valence-electron chi connectivity index (χ4n) is 3.11. The minimum atomic E-state index is -0.428. The van der Waals surface area contributed by atoms with Crippen LogP contribution < -0.4 is 0 Å². The lowest BCUT2D eigenvalue weighted by Gasteiger charge is -2.19. The molecule has 2 N–H and O–H groups in total. The van der Waals surface area contributed by atoms with E-state index in [1.165, 1.54) is 19.3 Å². The lowest BCUT2D eigenvalue weighted by atomic mass is 9.89. The molecule has 0 radical (unpaired) electrons. The van der Waals surface area contributed by atoms with E-state index < -0.39 is 12.2 Å². The van der Waals surface area contributed by atoms with Crippen molar-refractivity contribution < 1.29 is 15.0 Å². The molecule has 3 nitrogen and oxygen atoms in total. The number of carbonyl (C=O) groups is 1. The van der Waals surface area contributed by atoms with Crippen LogP contribution in [0.25, 0.3) is 0 Å². The zero-order valence-electron chi connectivity index (χ0n) is 12.5. The summed E-state index contributed by atoms with van der Waals surface area (Å²) in [7, 11) is 0. The average molecular weight is 270 g/mol. The molecule has 0 spiro atoms. The summed E-state index contributed by atoms with van der Waals surface area (Å²) >= 11 is 0. The van der Waals surface area contributed by atoms with Gasteiger partial charge in [-0.1, -0.05) is 39.5 Å². The lowest BCUT2D eigenvalue weighted by Crippen LogP contribution is -2.20. The molecule has 0 unspecified atom stereocenters. The fourth-order valence-corrected chi connectivity index (χ4v) is 3.11. The Kier molecular flexibility index (Phi) is 7.62. The van der Waals surface area contributed by atoms with Crippen LogP contribution in [-0.2, 0) is 4.79 Å². The Morgan fingerprint density at radius 2 is 1.74 bits per heavy atom. The second-order valence-electron chi connectivity index (χ2n) is 6.13. The summed E-state index contributed by atoms with van der Waals surface area (Å²) in [6.45, 7) is 4.16. The van der Waals surface area contributed by atoms with Crippen LogP contribution in [0.5, 0.6) is 0 Å². The highest BCUT2D eigenvalue weighted by atomic mass is 16.3. The number of unbranched alkanes of at least 4 members (excludes halogenated alkanes) is 4. The largest absolute Gasteiger partial charge is 0.393 e. The first-order chi connectivity index (χ1) is 9.06. The van der Waals surface area contributed by atoms with Crippen LogP contribution in [-0.4, -0.2) is 28.2 Å². The minimum absolute atomic E-state index is 0.0963. The Hall–Kier alpha value is -0.410. The molecule has 0 saturated heterocycles. The van der Waals surface area contributed by atoms with Crippen molar-refractivity contribution in [3.05, 3.63) is 0 Å². The topological polar surface area (TPSA) is 57.5 Å². The maximum absolute atomic E-state index is 11.8. The van der Waals surface area contributed by atoms with E-state index >= 15 is 0 Å². The van der Waals surface area contributed by atoms with E-state index in [2.05, 4.69) is 6.92 Å². The Morgan fingerprint density at radius 1 is 1.05 bits per heavy atom. The maximum atomic E-state index is 11.8. The second kappa shape index (κ2) is 8.70. The first-order valence-corrected chi connectivity index (χ1v) is 7.94. The van der Waals surface area contributed by atoms with Crippen molar-refractivity contribution in [2.45, 2.75) is 83.8 Å². The van der Waals surface area contributed by atoms with Gasteiger partial charge in [-0.25, -0.2) is 0 Å². The summed E-state index contributed by atoms with van der Waals surface area (Å²) in [6.07, 6.45) is 7.50. The van der Waals surface area contributed by atoms with Gasteiger partial charge in [-0.2, -0.15) is 0 Å². The predicted octanol–water partition coefficient (Wildman–Crippen LogP) is 3.07. The smallest absolute Gasteiger partial charge is 0.132 e. The zero-order valence-corrected chi connectivity index (χ0v) is 12.5. The molecule has 19 heavy (non-hydrogen) atoms. The van der Waals surface area contributed by atoms with E-state index in [1.54, 1.807) is 0 Å². The van der Waals surface area contributed by atoms with Gasteiger partial charge in [-0.05, 0) is 31.1 Å². The van der Waals surface area contributed by atoms with Crippen molar-refractivity contribution in [2.75, 3.05) is 0 Å². The summed E-state index contributed by atoms with van der Waals surface area (Å²) in [4.78, 5) is 11.8. The van der Waals surface area contributed by atoms with E-state index in [-0.39, 0.29) is 11.8 Å². The molecule has 1 aliphatic carbocycles. The molecule has 0 aromatic carbocycles. The molecular weight excluding hydrogens is 240 g/mol. The molecule has 0 amide bonds.